The van der Waals surface area contributed by atoms with Crippen molar-refractivity contribution in [2.75, 3.05) is 12.3 Å². The first-order chi connectivity index (χ1) is 8.66. The molecule has 6 heteroatoms. The molecule has 0 fully saturated rings. The molecule has 0 atom stereocenters. The Kier molecular flexibility index (Phi) is 5.41. The van der Waals surface area contributed by atoms with E-state index in [1.54, 1.807) is 18.2 Å². The number of rotatable bonds is 5. The maximum Gasteiger partial charge on any atom is 0.245 e. The number of nitrogens with zero attached hydrogens (tertiary/aromatic N) is 1. The van der Waals surface area contributed by atoms with Crippen LogP contribution >= 0.6 is 15.9 Å². The molecule has 1 rings (SSSR count). The first-order valence-electron chi connectivity index (χ1n) is 6.23. The lowest BCUT2D eigenvalue weighted by molar-refractivity contribution is 0.319. The highest BCUT2D eigenvalue weighted by atomic mass is 79.9. The Hall–Kier alpha value is -0.590. The van der Waals surface area contributed by atoms with Gasteiger partial charge in [0.1, 0.15) is 4.90 Å². The predicted octanol–water partition coefficient (Wildman–Crippen LogP) is 3.09. The molecule has 0 aliphatic rings. The van der Waals surface area contributed by atoms with Crippen LogP contribution in [0.5, 0.6) is 0 Å². The molecule has 1 aromatic rings. The van der Waals surface area contributed by atoms with Crippen LogP contribution in [-0.2, 0) is 10.0 Å². The molecule has 1 aromatic carbocycles. The van der Waals surface area contributed by atoms with Gasteiger partial charge in [-0.05, 0) is 38.0 Å². The SMILES string of the molecule is CC(C)CN(C(C)C)S(=O)(=O)c1cc(Br)ccc1N. The summed E-state index contributed by atoms with van der Waals surface area (Å²) in [5, 5.41) is 0. The molecule has 0 aromatic heterocycles. The van der Waals surface area contributed by atoms with E-state index in [-0.39, 0.29) is 22.5 Å². The van der Waals surface area contributed by atoms with Crippen LogP contribution in [0.2, 0.25) is 0 Å². The minimum atomic E-state index is -3.57. The number of halogens is 1. The summed E-state index contributed by atoms with van der Waals surface area (Å²) in [6.45, 7) is 8.21. The van der Waals surface area contributed by atoms with Crippen LogP contribution in [-0.4, -0.2) is 25.3 Å². The third kappa shape index (κ3) is 3.94. The molecule has 0 amide bonds. The Morgan fingerprint density at radius 2 is 1.84 bits per heavy atom. The Labute approximate surface area is 124 Å². The second-order valence-electron chi connectivity index (χ2n) is 5.24. The number of sulfonamides is 1. The van der Waals surface area contributed by atoms with E-state index >= 15 is 0 Å². The van der Waals surface area contributed by atoms with Gasteiger partial charge < -0.3 is 5.73 Å². The normalized spacial score (nSPS) is 12.6. The monoisotopic (exact) mass is 348 g/mol. The van der Waals surface area contributed by atoms with Gasteiger partial charge in [0.15, 0.2) is 0 Å². The Bertz CT molecular complexity index is 542. The molecule has 108 valence electrons. The minimum absolute atomic E-state index is 0.106. The average molecular weight is 349 g/mol. The van der Waals surface area contributed by atoms with E-state index in [1.165, 1.54) is 4.31 Å². The maximum atomic E-state index is 12.7. The lowest BCUT2D eigenvalue weighted by Crippen LogP contribution is -2.39. The molecule has 0 aliphatic carbocycles. The minimum Gasteiger partial charge on any atom is -0.398 e. The fourth-order valence-electron chi connectivity index (χ4n) is 1.80. The van der Waals surface area contributed by atoms with Crippen LogP contribution in [0.3, 0.4) is 0 Å². The van der Waals surface area contributed by atoms with Crippen LogP contribution in [0.15, 0.2) is 27.6 Å². The molecule has 0 saturated heterocycles. The molecular formula is C13H21BrN2O2S. The number of benzene rings is 1. The van der Waals surface area contributed by atoms with Crippen molar-refractivity contribution in [2.45, 2.75) is 38.6 Å². The van der Waals surface area contributed by atoms with E-state index in [1.807, 2.05) is 27.7 Å². The van der Waals surface area contributed by atoms with E-state index in [0.717, 1.165) is 0 Å². The van der Waals surface area contributed by atoms with E-state index in [4.69, 9.17) is 5.73 Å². The molecule has 0 radical (unpaired) electrons. The van der Waals surface area contributed by atoms with Crippen molar-refractivity contribution in [1.29, 1.82) is 0 Å². The largest absolute Gasteiger partial charge is 0.398 e. The molecule has 19 heavy (non-hydrogen) atoms. The third-order valence-corrected chi connectivity index (χ3v) is 5.27. The first-order valence-corrected chi connectivity index (χ1v) is 8.46. The Morgan fingerprint density at radius 3 is 2.32 bits per heavy atom. The highest BCUT2D eigenvalue weighted by Crippen LogP contribution is 2.27. The van der Waals surface area contributed by atoms with Crippen LogP contribution in [0.25, 0.3) is 0 Å². The van der Waals surface area contributed by atoms with Crippen molar-refractivity contribution in [3.63, 3.8) is 0 Å². The van der Waals surface area contributed by atoms with Gasteiger partial charge in [0, 0.05) is 17.1 Å². The summed E-state index contributed by atoms with van der Waals surface area (Å²) in [6.07, 6.45) is 0. The van der Waals surface area contributed by atoms with E-state index in [9.17, 15) is 8.42 Å². The fraction of sp³-hybridized carbons (Fsp3) is 0.538. The van der Waals surface area contributed by atoms with Gasteiger partial charge in [-0.15, -0.1) is 0 Å². The second kappa shape index (κ2) is 6.24. The van der Waals surface area contributed by atoms with Gasteiger partial charge in [0.2, 0.25) is 10.0 Å². The molecule has 2 N–H and O–H groups in total. The van der Waals surface area contributed by atoms with Crippen LogP contribution < -0.4 is 5.73 Å². The summed E-state index contributed by atoms with van der Waals surface area (Å²) in [6, 6.07) is 4.78. The summed E-state index contributed by atoms with van der Waals surface area (Å²) >= 11 is 3.29. The molecule has 0 saturated carbocycles. The smallest absolute Gasteiger partial charge is 0.245 e. The quantitative estimate of drug-likeness (QED) is 0.831. The average Bonchev–Trinajstić information content (AvgIpc) is 2.28. The highest BCUT2D eigenvalue weighted by Gasteiger charge is 2.29. The van der Waals surface area contributed by atoms with E-state index in [2.05, 4.69) is 15.9 Å². The van der Waals surface area contributed by atoms with Crippen molar-refractivity contribution in [1.82, 2.24) is 4.31 Å². The number of anilines is 1. The summed E-state index contributed by atoms with van der Waals surface area (Å²) < 4.78 is 27.6. The van der Waals surface area contributed by atoms with Gasteiger partial charge in [-0.3, -0.25) is 0 Å². The topological polar surface area (TPSA) is 63.4 Å². The molecule has 0 heterocycles. The number of hydrogen-bond donors (Lipinski definition) is 1. The molecule has 0 unspecified atom stereocenters. The fourth-order valence-corrected chi connectivity index (χ4v) is 4.26. The van der Waals surface area contributed by atoms with Gasteiger partial charge in [-0.25, -0.2) is 8.42 Å². The summed E-state index contributed by atoms with van der Waals surface area (Å²) in [7, 11) is -3.57. The predicted molar refractivity (Wildman–Crippen MR) is 82.4 cm³/mol. The lowest BCUT2D eigenvalue weighted by atomic mass is 10.2. The Balaban J connectivity index is 3.30. The van der Waals surface area contributed by atoms with E-state index < -0.39 is 10.0 Å². The molecule has 0 bridgehead atoms. The van der Waals surface area contributed by atoms with Gasteiger partial charge in [0.05, 0.1) is 5.69 Å². The van der Waals surface area contributed by atoms with Crippen molar-refractivity contribution >= 4 is 31.6 Å². The van der Waals surface area contributed by atoms with Crippen LogP contribution in [0.1, 0.15) is 27.7 Å². The summed E-state index contributed by atoms with van der Waals surface area (Å²) in [5.74, 6) is 0.255. The Morgan fingerprint density at radius 1 is 1.26 bits per heavy atom. The molecular weight excluding hydrogens is 328 g/mol. The standard InChI is InChI=1S/C13H21BrN2O2S/c1-9(2)8-16(10(3)4)19(17,18)13-7-11(14)5-6-12(13)15/h5-7,9-10H,8,15H2,1-4H3. The van der Waals surface area contributed by atoms with Crippen LogP contribution in [0, 0.1) is 5.92 Å². The van der Waals surface area contributed by atoms with Gasteiger partial charge >= 0.3 is 0 Å². The summed E-state index contributed by atoms with van der Waals surface area (Å²) in [4.78, 5) is 0.163. The molecule has 0 aliphatic heterocycles. The van der Waals surface area contributed by atoms with Crippen molar-refractivity contribution in [3.8, 4) is 0 Å². The molecule has 4 nitrogen and oxygen atoms in total. The van der Waals surface area contributed by atoms with Crippen LogP contribution in [0.4, 0.5) is 5.69 Å². The van der Waals surface area contributed by atoms with Crippen molar-refractivity contribution in [3.05, 3.63) is 22.7 Å². The zero-order valence-electron chi connectivity index (χ0n) is 11.7. The van der Waals surface area contributed by atoms with Crippen molar-refractivity contribution < 1.29 is 8.42 Å². The maximum absolute atomic E-state index is 12.7. The third-order valence-electron chi connectivity index (χ3n) is 2.68. The number of nitrogens with two attached hydrogens (primary N) is 1. The summed E-state index contributed by atoms with van der Waals surface area (Å²) in [5.41, 5.74) is 6.09. The lowest BCUT2D eigenvalue weighted by Gasteiger charge is -2.28. The van der Waals surface area contributed by atoms with Gasteiger partial charge in [-0.1, -0.05) is 29.8 Å². The number of hydrogen-bond acceptors (Lipinski definition) is 3. The van der Waals surface area contributed by atoms with Crippen molar-refractivity contribution in [2.24, 2.45) is 5.92 Å². The zero-order chi connectivity index (χ0) is 14.8. The first kappa shape index (κ1) is 16.5. The van der Waals surface area contributed by atoms with Gasteiger partial charge in [-0.2, -0.15) is 4.31 Å². The van der Waals surface area contributed by atoms with Gasteiger partial charge in [0.25, 0.3) is 0 Å². The number of nitrogen functional groups attached to an aromatic ring is 1. The van der Waals surface area contributed by atoms with E-state index in [0.29, 0.717) is 11.0 Å². The zero-order valence-corrected chi connectivity index (χ0v) is 14.1. The second-order valence-corrected chi connectivity index (χ2v) is 8.02. The molecule has 0 spiro atoms. The highest BCUT2D eigenvalue weighted by molar-refractivity contribution is 9.10.